The highest BCUT2D eigenvalue weighted by Crippen LogP contribution is 2.36. The van der Waals surface area contributed by atoms with Gasteiger partial charge >= 0.3 is 11.9 Å². The van der Waals surface area contributed by atoms with E-state index in [4.69, 9.17) is 9.47 Å². The fourth-order valence-electron chi connectivity index (χ4n) is 4.11. The van der Waals surface area contributed by atoms with E-state index >= 15 is 0 Å². The molecule has 0 unspecified atom stereocenters. The highest BCUT2D eigenvalue weighted by Gasteiger charge is 2.48. The highest BCUT2D eigenvalue weighted by atomic mass is 16.6. The zero-order valence-corrected chi connectivity index (χ0v) is 14.7. The third-order valence-electron chi connectivity index (χ3n) is 5.97. The molecule has 0 aromatic heterocycles. The Morgan fingerprint density at radius 2 is 2.00 bits per heavy atom. The molecule has 0 aromatic rings. The molecule has 0 radical (unpaired) electrons. The van der Waals surface area contributed by atoms with Gasteiger partial charge < -0.3 is 14.6 Å². The number of aliphatic hydroxyl groups is 1. The van der Waals surface area contributed by atoms with Gasteiger partial charge in [-0.25, -0.2) is 9.59 Å². The van der Waals surface area contributed by atoms with Crippen molar-refractivity contribution in [1.82, 2.24) is 4.90 Å². The van der Waals surface area contributed by atoms with Gasteiger partial charge in [0.25, 0.3) is 0 Å². The summed E-state index contributed by atoms with van der Waals surface area (Å²) in [5.41, 5.74) is -1.12. The van der Waals surface area contributed by atoms with Crippen LogP contribution in [0.4, 0.5) is 0 Å². The average molecular weight is 337 g/mol. The molecular weight excluding hydrogens is 310 g/mol. The van der Waals surface area contributed by atoms with E-state index in [1.54, 1.807) is 19.9 Å². The first-order chi connectivity index (χ1) is 11.3. The molecule has 3 aliphatic rings. The molecule has 0 saturated carbocycles. The van der Waals surface area contributed by atoms with Gasteiger partial charge in [-0.3, -0.25) is 4.90 Å². The summed E-state index contributed by atoms with van der Waals surface area (Å²) >= 11 is 0. The van der Waals surface area contributed by atoms with Crippen LogP contribution in [0.5, 0.6) is 0 Å². The molecule has 3 saturated heterocycles. The van der Waals surface area contributed by atoms with Crippen LogP contribution >= 0.6 is 0 Å². The van der Waals surface area contributed by atoms with E-state index in [-0.39, 0.29) is 37.1 Å². The molecule has 3 fully saturated rings. The first-order valence-corrected chi connectivity index (χ1v) is 8.84. The second-order valence-electron chi connectivity index (χ2n) is 7.47. The number of ether oxygens (including phenoxy) is 2. The van der Waals surface area contributed by atoms with Crippen LogP contribution in [0.15, 0.2) is 11.6 Å². The number of allylic oxidation sites excluding steroid dienone is 1. The number of esters is 2. The topological polar surface area (TPSA) is 76.1 Å². The molecule has 0 aliphatic carbocycles. The van der Waals surface area contributed by atoms with Gasteiger partial charge in [0.2, 0.25) is 0 Å². The summed E-state index contributed by atoms with van der Waals surface area (Å²) in [6.45, 7) is 7.11. The minimum absolute atomic E-state index is 0.113. The summed E-state index contributed by atoms with van der Waals surface area (Å²) in [5.74, 6) is -1.23. The minimum Gasteiger partial charge on any atom is -0.463 e. The maximum Gasteiger partial charge on any atom is 0.338 e. The lowest BCUT2D eigenvalue weighted by Gasteiger charge is -2.32. The van der Waals surface area contributed by atoms with E-state index in [1.807, 2.05) is 0 Å². The van der Waals surface area contributed by atoms with E-state index in [9.17, 15) is 14.7 Å². The minimum atomic E-state index is -1.62. The Morgan fingerprint density at radius 1 is 1.29 bits per heavy atom. The standard InChI is InChI=1S/C18H27NO5/c1-4-12-9-11(2)18(3,22)17(21)23-10-13-5-7-19-8-6-14(15(13)19)24-16(12)20/h4,11,13-15,22H,5-10H2,1-3H3/b12-4+/t11-,13-,14+,15-,18+/m0/s1. The summed E-state index contributed by atoms with van der Waals surface area (Å²) in [7, 11) is 0. The molecule has 3 aliphatic heterocycles. The van der Waals surface area contributed by atoms with E-state index < -0.39 is 17.5 Å². The van der Waals surface area contributed by atoms with Gasteiger partial charge in [0, 0.05) is 18.0 Å². The Morgan fingerprint density at radius 3 is 2.71 bits per heavy atom. The molecule has 0 bridgehead atoms. The maximum absolute atomic E-state index is 12.6. The predicted molar refractivity (Wildman–Crippen MR) is 87.1 cm³/mol. The third kappa shape index (κ3) is 2.97. The van der Waals surface area contributed by atoms with Crippen molar-refractivity contribution in [2.45, 2.75) is 57.8 Å². The first-order valence-electron chi connectivity index (χ1n) is 8.84. The van der Waals surface area contributed by atoms with Gasteiger partial charge in [-0.2, -0.15) is 0 Å². The van der Waals surface area contributed by atoms with Crippen LogP contribution in [0.2, 0.25) is 0 Å². The Labute approximate surface area is 142 Å². The van der Waals surface area contributed by atoms with E-state index in [1.165, 1.54) is 6.92 Å². The first kappa shape index (κ1) is 17.4. The fraction of sp³-hybridized carbons (Fsp3) is 0.778. The molecule has 5 atom stereocenters. The molecule has 6 nitrogen and oxygen atoms in total. The smallest absolute Gasteiger partial charge is 0.338 e. The second-order valence-corrected chi connectivity index (χ2v) is 7.47. The van der Waals surface area contributed by atoms with Crippen LogP contribution < -0.4 is 0 Å². The van der Waals surface area contributed by atoms with Crippen LogP contribution in [0.3, 0.4) is 0 Å². The van der Waals surface area contributed by atoms with Gasteiger partial charge in [-0.15, -0.1) is 0 Å². The Kier molecular flexibility index (Phi) is 4.71. The Hall–Kier alpha value is -1.40. The van der Waals surface area contributed by atoms with Crippen LogP contribution in [-0.4, -0.2) is 59.4 Å². The average Bonchev–Trinajstić information content (AvgIpc) is 3.12. The summed E-state index contributed by atoms with van der Waals surface area (Å²) in [5, 5.41) is 10.6. The number of nitrogens with zero attached hydrogens (tertiary/aromatic N) is 1. The van der Waals surface area contributed by atoms with E-state index in [2.05, 4.69) is 4.90 Å². The maximum atomic E-state index is 12.6. The summed E-state index contributed by atoms with van der Waals surface area (Å²) in [6.07, 6.45) is 3.59. The molecule has 0 amide bonds. The van der Waals surface area contributed by atoms with Crippen molar-refractivity contribution in [1.29, 1.82) is 0 Å². The summed E-state index contributed by atoms with van der Waals surface area (Å²) < 4.78 is 11.3. The number of hydrogen-bond acceptors (Lipinski definition) is 6. The Bertz CT molecular complexity index is 556. The van der Waals surface area contributed by atoms with Gasteiger partial charge in [0.1, 0.15) is 6.10 Å². The Balaban J connectivity index is 1.89. The molecule has 0 aromatic carbocycles. The molecule has 6 heteroatoms. The van der Waals surface area contributed by atoms with Gasteiger partial charge in [-0.1, -0.05) is 13.0 Å². The predicted octanol–water partition coefficient (Wildman–Crippen LogP) is 1.27. The van der Waals surface area contributed by atoms with Crippen LogP contribution in [0.1, 0.15) is 40.0 Å². The van der Waals surface area contributed by atoms with E-state index in [0.717, 1.165) is 25.9 Å². The van der Waals surface area contributed by atoms with Crippen molar-refractivity contribution in [3.8, 4) is 0 Å². The van der Waals surface area contributed by atoms with Crippen molar-refractivity contribution in [2.75, 3.05) is 19.7 Å². The van der Waals surface area contributed by atoms with Crippen molar-refractivity contribution in [3.63, 3.8) is 0 Å². The molecular formula is C18H27NO5. The largest absolute Gasteiger partial charge is 0.463 e. The van der Waals surface area contributed by atoms with Crippen molar-refractivity contribution in [2.24, 2.45) is 11.8 Å². The summed E-state index contributed by atoms with van der Waals surface area (Å²) in [4.78, 5) is 27.3. The molecule has 3 rings (SSSR count). The van der Waals surface area contributed by atoms with E-state index in [0.29, 0.717) is 5.57 Å². The molecule has 0 spiro atoms. The van der Waals surface area contributed by atoms with Gasteiger partial charge in [0.15, 0.2) is 5.60 Å². The van der Waals surface area contributed by atoms with Crippen LogP contribution in [-0.2, 0) is 19.1 Å². The normalized spacial score (nSPS) is 42.9. The third-order valence-corrected chi connectivity index (χ3v) is 5.97. The lowest BCUT2D eigenvalue weighted by molar-refractivity contribution is -0.172. The molecule has 3 heterocycles. The van der Waals surface area contributed by atoms with Crippen molar-refractivity contribution < 1.29 is 24.2 Å². The van der Waals surface area contributed by atoms with Gasteiger partial charge in [-0.05, 0) is 45.6 Å². The number of carbonyl (C=O) groups excluding carboxylic acids is 2. The van der Waals surface area contributed by atoms with Crippen molar-refractivity contribution in [3.05, 3.63) is 11.6 Å². The van der Waals surface area contributed by atoms with Gasteiger partial charge in [0.05, 0.1) is 12.6 Å². The molecule has 134 valence electrons. The number of rotatable bonds is 0. The summed E-state index contributed by atoms with van der Waals surface area (Å²) in [6, 6.07) is 0.113. The number of hydrogen-bond donors (Lipinski definition) is 1. The highest BCUT2D eigenvalue weighted by molar-refractivity contribution is 5.89. The number of cyclic esters (lactones) is 1. The zero-order valence-electron chi connectivity index (χ0n) is 14.7. The lowest BCUT2D eigenvalue weighted by Crippen LogP contribution is -2.46. The second kappa shape index (κ2) is 6.48. The SMILES string of the molecule is C/C=C1\C[C@H](C)[C@@](C)(O)C(=O)OC[C@@H]2CCN3CC[C@@H](OC1=O)[C@H]23. The molecule has 1 N–H and O–H groups in total. The number of carbonyl (C=O) groups is 2. The van der Waals surface area contributed by atoms with Crippen LogP contribution in [0, 0.1) is 11.8 Å². The zero-order chi connectivity index (χ0) is 17.5. The monoisotopic (exact) mass is 337 g/mol. The lowest BCUT2D eigenvalue weighted by atomic mass is 9.85. The van der Waals surface area contributed by atoms with Crippen LogP contribution in [0.25, 0.3) is 0 Å². The quantitative estimate of drug-likeness (QED) is 0.530. The fourth-order valence-corrected chi connectivity index (χ4v) is 4.11. The van der Waals surface area contributed by atoms with Crippen molar-refractivity contribution >= 4 is 11.9 Å². The molecule has 24 heavy (non-hydrogen) atoms.